The summed E-state index contributed by atoms with van der Waals surface area (Å²) >= 11 is 0. The minimum atomic E-state index is -0.684. The minimum absolute atomic E-state index is 0.290. The van der Waals surface area contributed by atoms with E-state index in [9.17, 15) is 9.59 Å². The number of fused-ring (bicyclic) bond motifs is 3. The van der Waals surface area contributed by atoms with E-state index in [1.54, 1.807) is 20.8 Å². The Bertz CT molecular complexity index is 788. The van der Waals surface area contributed by atoms with Crippen molar-refractivity contribution in [3.63, 3.8) is 0 Å². The van der Waals surface area contributed by atoms with Crippen LogP contribution in [0.15, 0.2) is 24.3 Å². The molecule has 1 aliphatic rings. The van der Waals surface area contributed by atoms with Gasteiger partial charge in [0.05, 0.1) is 13.7 Å². The summed E-state index contributed by atoms with van der Waals surface area (Å²) in [6.07, 6.45) is -0.104. The van der Waals surface area contributed by atoms with Gasteiger partial charge in [0.25, 0.3) is 0 Å². The van der Waals surface area contributed by atoms with E-state index in [2.05, 4.69) is 4.98 Å². The largest absolute Gasteiger partial charge is 0.467 e. The second-order valence-electron chi connectivity index (χ2n) is 6.98. The minimum Gasteiger partial charge on any atom is -0.467 e. The number of methoxy groups -OCH3 is 1. The molecule has 0 spiro atoms. The van der Waals surface area contributed by atoms with Gasteiger partial charge in [0.15, 0.2) is 0 Å². The molecular formula is C18H22N2O4. The van der Waals surface area contributed by atoms with E-state index in [0.717, 1.165) is 22.2 Å². The summed E-state index contributed by atoms with van der Waals surface area (Å²) < 4.78 is 10.4. The molecule has 0 saturated heterocycles. The molecule has 2 heterocycles. The zero-order valence-electron chi connectivity index (χ0n) is 14.4. The first-order valence-corrected chi connectivity index (χ1v) is 7.96. The standard InChI is InChI=1S/C18H22N2O4/c1-18(2,3)24-17(22)20-10-14-12(9-15(20)16(21)23-4)11-7-5-6-8-13(11)19-14/h5-8,15,19H,9-10H2,1-4H3/t15-/m1/s1. The number of carbonyl (C=O) groups excluding carboxylic acids is 2. The molecule has 1 aromatic carbocycles. The zero-order chi connectivity index (χ0) is 17.5. The molecule has 24 heavy (non-hydrogen) atoms. The van der Waals surface area contributed by atoms with E-state index in [0.29, 0.717) is 13.0 Å². The van der Waals surface area contributed by atoms with Gasteiger partial charge in [0.1, 0.15) is 11.6 Å². The van der Waals surface area contributed by atoms with Gasteiger partial charge in [0.2, 0.25) is 0 Å². The fourth-order valence-corrected chi connectivity index (χ4v) is 3.07. The van der Waals surface area contributed by atoms with Crippen LogP contribution >= 0.6 is 0 Å². The second-order valence-corrected chi connectivity index (χ2v) is 6.98. The normalized spacial score (nSPS) is 17.5. The van der Waals surface area contributed by atoms with Crippen LogP contribution < -0.4 is 0 Å². The number of esters is 1. The van der Waals surface area contributed by atoms with Crippen LogP contribution in [0.3, 0.4) is 0 Å². The number of aromatic nitrogens is 1. The molecule has 0 fully saturated rings. The predicted molar refractivity (Wildman–Crippen MR) is 89.6 cm³/mol. The molecule has 6 heteroatoms. The molecule has 2 aromatic rings. The third-order valence-electron chi connectivity index (χ3n) is 4.11. The maximum Gasteiger partial charge on any atom is 0.411 e. The lowest BCUT2D eigenvalue weighted by molar-refractivity contribution is -0.147. The lowest BCUT2D eigenvalue weighted by Gasteiger charge is -2.35. The van der Waals surface area contributed by atoms with Gasteiger partial charge < -0.3 is 14.5 Å². The molecule has 0 unspecified atom stereocenters. The third kappa shape index (κ3) is 2.96. The Hall–Kier alpha value is -2.50. The number of nitrogens with one attached hydrogen (secondary N) is 1. The van der Waals surface area contributed by atoms with E-state index >= 15 is 0 Å². The molecule has 1 N–H and O–H groups in total. The van der Waals surface area contributed by atoms with E-state index < -0.39 is 23.7 Å². The average molecular weight is 330 g/mol. The number of para-hydroxylation sites is 1. The van der Waals surface area contributed by atoms with E-state index in [-0.39, 0.29) is 0 Å². The zero-order valence-corrected chi connectivity index (χ0v) is 14.4. The Morgan fingerprint density at radius 3 is 2.62 bits per heavy atom. The molecule has 1 amide bonds. The lowest BCUT2D eigenvalue weighted by atomic mass is 9.97. The van der Waals surface area contributed by atoms with Crippen molar-refractivity contribution in [2.45, 2.75) is 45.4 Å². The number of amides is 1. The summed E-state index contributed by atoms with van der Waals surface area (Å²) in [6, 6.07) is 7.23. The van der Waals surface area contributed by atoms with Crippen molar-refractivity contribution >= 4 is 23.0 Å². The molecule has 6 nitrogen and oxygen atoms in total. The maximum atomic E-state index is 12.6. The summed E-state index contributed by atoms with van der Waals surface area (Å²) in [5.74, 6) is -0.434. The summed E-state index contributed by atoms with van der Waals surface area (Å²) in [7, 11) is 1.33. The molecule has 1 aromatic heterocycles. The van der Waals surface area contributed by atoms with Crippen molar-refractivity contribution in [3.8, 4) is 0 Å². The highest BCUT2D eigenvalue weighted by atomic mass is 16.6. The van der Waals surface area contributed by atoms with Crippen molar-refractivity contribution < 1.29 is 19.1 Å². The molecule has 0 saturated carbocycles. The first kappa shape index (κ1) is 16.4. The Morgan fingerprint density at radius 2 is 1.96 bits per heavy atom. The predicted octanol–water partition coefficient (Wildman–Crippen LogP) is 3.00. The van der Waals surface area contributed by atoms with Gasteiger partial charge in [-0.1, -0.05) is 18.2 Å². The van der Waals surface area contributed by atoms with Crippen molar-refractivity contribution in [2.24, 2.45) is 0 Å². The van der Waals surface area contributed by atoms with E-state index in [1.807, 2.05) is 24.3 Å². The number of hydrogen-bond donors (Lipinski definition) is 1. The van der Waals surface area contributed by atoms with Gasteiger partial charge >= 0.3 is 12.1 Å². The van der Waals surface area contributed by atoms with Gasteiger partial charge in [-0.15, -0.1) is 0 Å². The van der Waals surface area contributed by atoms with Crippen LogP contribution in [0.5, 0.6) is 0 Å². The monoisotopic (exact) mass is 330 g/mol. The highest BCUT2D eigenvalue weighted by Crippen LogP contribution is 2.31. The molecule has 1 atom stereocenters. The maximum absolute atomic E-state index is 12.6. The smallest absolute Gasteiger partial charge is 0.411 e. The van der Waals surface area contributed by atoms with Crippen LogP contribution in [-0.2, 0) is 27.2 Å². The van der Waals surface area contributed by atoms with Crippen LogP contribution in [0.4, 0.5) is 4.79 Å². The van der Waals surface area contributed by atoms with Crippen LogP contribution in [0.25, 0.3) is 10.9 Å². The van der Waals surface area contributed by atoms with Gasteiger partial charge in [-0.25, -0.2) is 9.59 Å². The quantitative estimate of drug-likeness (QED) is 0.816. The first-order valence-electron chi connectivity index (χ1n) is 7.96. The fraction of sp³-hybridized carbons (Fsp3) is 0.444. The molecule has 0 bridgehead atoms. The topological polar surface area (TPSA) is 71.6 Å². The summed E-state index contributed by atoms with van der Waals surface area (Å²) in [5.41, 5.74) is 2.36. The highest BCUT2D eigenvalue weighted by molar-refractivity contribution is 5.88. The van der Waals surface area contributed by atoms with Crippen molar-refractivity contribution in [3.05, 3.63) is 35.5 Å². The fourth-order valence-electron chi connectivity index (χ4n) is 3.07. The number of carbonyl (C=O) groups is 2. The Balaban J connectivity index is 1.99. The average Bonchev–Trinajstić information content (AvgIpc) is 2.89. The van der Waals surface area contributed by atoms with Gasteiger partial charge in [0, 0.05) is 23.0 Å². The van der Waals surface area contributed by atoms with Crippen LogP contribution in [0.1, 0.15) is 32.0 Å². The van der Waals surface area contributed by atoms with Crippen LogP contribution in [0.2, 0.25) is 0 Å². The number of rotatable bonds is 1. The number of nitrogens with zero attached hydrogens (tertiary/aromatic N) is 1. The van der Waals surface area contributed by atoms with Crippen LogP contribution in [-0.4, -0.2) is 40.7 Å². The number of ether oxygens (including phenoxy) is 2. The number of aromatic amines is 1. The number of H-pyrrole nitrogens is 1. The second kappa shape index (κ2) is 5.85. The number of hydrogen-bond acceptors (Lipinski definition) is 4. The van der Waals surface area contributed by atoms with E-state index in [4.69, 9.17) is 9.47 Å². The van der Waals surface area contributed by atoms with Gasteiger partial charge in [-0.2, -0.15) is 0 Å². The molecule has 0 aliphatic carbocycles. The molecule has 128 valence electrons. The Labute approximate surface area is 140 Å². The molecule has 0 radical (unpaired) electrons. The molecular weight excluding hydrogens is 308 g/mol. The number of benzene rings is 1. The van der Waals surface area contributed by atoms with Crippen molar-refractivity contribution in [1.29, 1.82) is 0 Å². The summed E-state index contributed by atoms with van der Waals surface area (Å²) in [6.45, 7) is 5.70. The lowest BCUT2D eigenvalue weighted by Crippen LogP contribution is -2.50. The third-order valence-corrected chi connectivity index (χ3v) is 4.11. The highest BCUT2D eigenvalue weighted by Gasteiger charge is 2.39. The van der Waals surface area contributed by atoms with Crippen molar-refractivity contribution in [2.75, 3.05) is 7.11 Å². The molecule has 3 rings (SSSR count). The Morgan fingerprint density at radius 1 is 1.25 bits per heavy atom. The summed E-state index contributed by atoms with van der Waals surface area (Å²) in [5, 5.41) is 1.07. The molecule has 1 aliphatic heterocycles. The summed E-state index contributed by atoms with van der Waals surface area (Å²) in [4.78, 5) is 29.6. The van der Waals surface area contributed by atoms with Crippen molar-refractivity contribution in [1.82, 2.24) is 9.88 Å². The Kier molecular flexibility index (Phi) is 3.99. The van der Waals surface area contributed by atoms with Gasteiger partial charge in [-0.05, 0) is 32.4 Å². The van der Waals surface area contributed by atoms with E-state index in [1.165, 1.54) is 12.0 Å². The first-order chi connectivity index (χ1) is 11.3. The van der Waals surface area contributed by atoms with Gasteiger partial charge in [-0.3, -0.25) is 4.90 Å². The van der Waals surface area contributed by atoms with Crippen LogP contribution in [0, 0.1) is 0 Å². The SMILES string of the molecule is COC(=O)[C@H]1Cc2c([nH]c3ccccc23)CN1C(=O)OC(C)(C)C.